The summed E-state index contributed by atoms with van der Waals surface area (Å²) >= 11 is 0. The Morgan fingerprint density at radius 3 is 0.840 bits per heavy atom. The van der Waals surface area contributed by atoms with E-state index >= 15 is 0 Å². The van der Waals surface area contributed by atoms with E-state index in [1.807, 2.05) is 164 Å². The van der Waals surface area contributed by atoms with E-state index in [0.717, 1.165) is 44.8 Å². The zero-order chi connectivity index (χ0) is 32.9. The minimum Gasteiger partial charge on any atom is -0.355 e. The van der Waals surface area contributed by atoms with Gasteiger partial charge in [0.25, 0.3) is 0 Å². The van der Waals surface area contributed by atoms with Gasteiger partial charge in [-0.1, -0.05) is 0 Å². The molecule has 2 N–H and O–H groups in total. The molecule has 2 aliphatic heterocycles. The fourth-order valence-electron chi connectivity index (χ4n) is 4.31. The van der Waals surface area contributed by atoms with E-state index in [4.69, 9.17) is 0 Å². The quantitative estimate of drug-likeness (QED) is 0.121. The van der Waals surface area contributed by atoms with Gasteiger partial charge in [0, 0.05) is 39.1 Å². The van der Waals surface area contributed by atoms with Gasteiger partial charge in [0.2, 0.25) is 0 Å². The van der Waals surface area contributed by atoms with Crippen molar-refractivity contribution in [3.8, 4) is 0 Å². The van der Waals surface area contributed by atoms with Crippen LogP contribution in [0.2, 0.25) is 0 Å². The molecule has 0 fully saturated rings. The molecule has 8 bridgehead atoms. The summed E-state index contributed by atoms with van der Waals surface area (Å²) in [6.07, 6.45) is 8.05. The summed E-state index contributed by atoms with van der Waals surface area (Å²) in [5, 5.41) is 0. The Balaban J connectivity index is 0.000000211. The Morgan fingerprint density at radius 2 is 0.600 bits per heavy atom. The van der Waals surface area contributed by atoms with Gasteiger partial charge in [0.1, 0.15) is 0 Å². The van der Waals surface area contributed by atoms with Gasteiger partial charge in [0.15, 0.2) is 0 Å². The third kappa shape index (κ3) is 14.6. The number of H-pyrrole nitrogens is 2. The molecule has 7 aromatic rings. The largest absolute Gasteiger partial charge is 0.355 e. The molecule has 0 spiro atoms. The number of hydrogen-bond acceptors (Lipinski definition) is 2. The first-order valence-electron chi connectivity index (χ1n) is 15.5. The van der Waals surface area contributed by atoms with Gasteiger partial charge < -0.3 is 9.97 Å². The number of nitrogens with zero attached hydrogens (tertiary/aromatic N) is 2. The van der Waals surface area contributed by atoms with Crippen LogP contribution < -0.4 is 0 Å². The molecule has 0 atom stereocenters. The summed E-state index contributed by atoms with van der Waals surface area (Å²) in [6.45, 7) is 0. The molecule has 3 aromatic heterocycles. The third-order valence-electron chi connectivity index (χ3n) is 6.47. The van der Waals surface area contributed by atoms with E-state index < -0.39 is 0 Å². The van der Waals surface area contributed by atoms with Crippen LogP contribution in [0.4, 0.5) is 0 Å². The van der Waals surface area contributed by atoms with Crippen molar-refractivity contribution in [3.63, 3.8) is 0 Å². The van der Waals surface area contributed by atoms with Crippen molar-refractivity contribution >= 4 is 58.8 Å². The standard InChI is InChI=1S/C20H14N4.4C6H5.ClH.Cu/c1-2-14-10-16-5-6-18(23-16)12-20-8-7-19(24-20)11-17-4-3-15(22-17)9-13(1)21-14;4*1-2-4-6-5-3-1;;/h1-12,21-22H;4*1-5H;1H;/q;4*-1;;. The van der Waals surface area contributed by atoms with Crippen LogP contribution in [0.1, 0.15) is 22.8 Å². The summed E-state index contributed by atoms with van der Waals surface area (Å²) < 4.78 is 0. The van der Waals surface area contributed by atoms with Gasteiger partial charge in [-0.25, -0.2) is 9.97 Å². The van der Waals surface area contributed by atoms with Crippen molar-refractivity contribution in [2.45, 2.75) is 0 Å². The molecule has 253 valence electrons. The maximum atomic E-state index is 4.62. The summed E-state index contributed by atoms with van der Waals surface area (Å²) in [6, 6.07) is 66.4. The van der Waals surface area contributed by atoms with Crippen LogP contribution >= 0.6 is 12.4 Å². The molecule has 9 rings (SSSR count). The van der Waals surface area contributed by atoms with Crippen LogP contribution in [0.5, 0.6) is 0 Å². The topological polar surface area (TPSA) is 57.4 Å². The number of hydrogen-bond donors (Lipinski definition) is 2. The molecule has 0 saturated carbocycles. The molecule has 1 radical (unpaired) electrons. The smallest absolute Gasteiger partial charge is 0.0659 e. The fourth-order valence-corrected chi connectivity index (χ4v) is 4.31. The van der Waals surface area contributed by atoms with Gasteiger partial charge in [-0.15, -0.1) is 12.4 Å². The molecular formula is C44H35ClCuN4-4. The first-order valence-corrected chi connectivity index (χ1v) is 15.5. The predicted octanol–water partition coefficient (Wildman–Crippen LogP) is 11.0. The van der Waals surface area contributed by atoms with Crippen LogP contribution in [0.25, 0.3) is 46.4 Å². The molecule has 4 aromatic carbocycles. The maximum Gasteiger partial charge on any atom is 0.0659 e. The van der Waals surface area contributed by atoms with Gasteiger partial charge >= 0.3 is 0 Å². The van der Waals surface area contributed by atoms with E-state index in [0.29, 0.717) is 0 Å². The van der Waals surface area contributed by atoms with E-state index in [2.05, 4.69) is 74.5 Å². The van der Waals surface area contributed by atoms with E-state index in [9.17, 15) is 0 Å². The van der Waals surface area contributed by atoms with Gasteiger partial charge in [0.05, 0.1) is 22.8 Å². The second kappa shape index (κ2) is 22.8. The van der Waals surface area contributed by atoms with Crippen LogP contribution in [0.15, 0.2) is 170 Å². The molecule has 0 aliphatic carbocycles. The zero-order valence-corrected chi connectivity index (χ0v) is 28.8. The molecule has 4 nitrogen and oxygen atoms in total. The summed E-state index contributed by atoms with van der Waals surface area (Å²) in [4.78, 5) is 16.0. The zero-order valence-electron chi connectivity index (χ0n) is 27.1. The van der Waals surface area contributed by atoms with Gasteiger partial charge in [-0.2, -0.15) is 146 Å². The average molecular weight is 719 g/mol. The normalized spacial score (nSPS) is 9.92. The minimum absolute atomic E-state index is 0. The Bertz CT molecular complexity index is 1810. The van der Waals surface area contributed by atoms with E-state index in [1.165, 1.54) is 0 Å². The van der Waals surface area contributed by atoms with Crippen LogP contribution in [-0.2, 0) is 17.1 Å². The molecule has 5 heterocycles. The molecule has 0 amide bonds. The summed E-state index contributed by atoms with van der Waals surface area (Å²) in [5.41, 5.74) is 7.86. The monoisotopic (exact) mass is 717 g/mol. The number of halogens is 1. The second-order valence-corrected chi connectivity index (χ2v) is 10.2. The average Bonchev–Trinajstić information content (AvgIpc) is 4.00. The van der Waals surface area contributed by atoms with Crippen molar-refractivity contribution in [2.24, 2.45) is 0 Å². The van der Waals surface area contributed by atoms with Gasteiger partial charge in [-0.3, -0.25) is 0 Å². The third-order valence-corrected chi connectivity index (χ3v) is 6.47. The Morgan fingerprint density at radius 1 is 0.340 bits per heavy atom. The van der Waals surface area contributed by atoms with Crippen LogP contribution in [-0.4, -0.2) is 19.9 Å². The number of rotatable bonds is 0. The van der Waals surface area contributed by atoms with Crippen molar-refractivity contribution in [1.29, 1.82) is 0 Å². The first kappa shape index (κ1) is 38.7. The van der Waals surface area contributed by atoms with E-state index in [-0.39, 0.29) is 29.5 Å². The van der Waals surface area contributed by atoms with Gasteiger partial charge in [-0.05, 0) is 72.8 Å². The molecular weight excluding hydrogens is 684 g/mol. The number of aromatic amines is 2. The molecule has 0 saturated heterocycles. The number of nitrogens with one attached hydrogen (secondary N) is 2. The maximum absolute atomic E-state index is 4.62. The predicted molar refractivity (Wildman–Crippen MR) is 207 cm³/mol. The SMILES string of the molecule is C1=Cc2cc3ccc(cc4ccc(cc5nc(cc1n2)C=C5)[nH]4)[nH]3.Cl.[Cu].[c-]1ccccc1.[c-]1ccccc1.[c-]1ccccc1.[c-]1ccccc1. The first-order chi connectivity index (χ1) is 23.8. The molecule has 0 unspecified atom stereocenters. The van der Waals surface area contributed by atoms with E-state index in [1.54, 1.807) is 0 Å². The fraction of sp³-hybridized carbons (Fsp3) is 0. The van der Waals surface area contributed by atoms with Crippen molar-refractivity contribution in [3.05, 3.63) is 217 Å². The Kier molecular flexibility index (Phi) is 17.7. The number of benzene rings is 4. The minimum atomic E-state index is 0. The van der Waals surface area contributed by atoms with Crippen molar-refractivity contribution < 1.29 is 17.1 Å². The van der Waals surface area contributed by atoms with Crippen LogP contribution in [0.3, 0.4) is 0 Å². The molecule has 50 heavy (non-hydrogen) atoms. The summed E-state index contributed by atoms with van der Waals surface area (Å²) in [5.74, 6) is 0. The molecule has 6 heteroatoms. The Hall–Kier alpha value is -5.71. The Labute approximate surface area is 311 Å². The van der Waals surface area contributed by atoms with Crippen molar-refractivity contribution in [1.82, 2.24) is 19.9 Å². The number of aromatic nitrogens is 4. The number of fused-ring (bicyclic) bond motifs is 8. The van der Waals surface area contributed by atoms with Crippen LogP contribution in [0, 0.1) is 24.3 Å². The summed E-state index contributed by atoms with van der Waals surface area (Å²) in [7, 11) is 0. The molecule has 2 aliphatic rings. The second-order valence-electron chi connectivity index (χ2n) is 10.2. The van der Waals surface area contributed by atoms with Crippen molar-refractivity contribution in [2.75, 3.05) is 0 Å².